The number of nitrogens with zero attached hydrogens (tertiary/aromatic N) is 2. The minimum Gasteiger partial charge on any atom is -2.00 e. The fourth-order valence-corrected chi connectivity index (χ4v) is 7.44. The molecular formula is C54H110N2O23V6-30. The van der Waals surface area contributed by atoms with Crippen LogP contribution in [0, 0.1) is 10.8 Å². The number of hydrogen-bond acceptors (Lipinski definition) is 10. The van der Waals surface area contributed by atoms with Gasteiger partial charge in [0.05, 0.1) is 65.6 Å². The molecule has 0 aromatic rings. The molecule has 534 valence electrons. The van der Waals surface area contributed by atoms with E-state index in [0.717, 1.165) is 38.5 Å². The van der Waals surface area contributed by atoms with Gasteiger partial charge in [-0.05, 0) is 75.0 Å². The predicted octanol–water partition coefficient (Wildman–Crippen LogP) is 4.80. The van der Waals surface area contributed by atoms with Gasteiger partial charge in [0.25, 0.3) is 0 Å². The van der Waals surface area contributed by atoms with Crippen LogP contribution in [0.2, 0.25) is 0 Å². The Balaban J connectivity index is -0.0000000267. The van der Waals surface area contributed by atoms with Crippen LogP contribution in [0.25, 0.3) is 0 Å². The van der Waals surface area contributed by atoms with E-state index in [4.69, 9.17) is 9.47 Å². The third-order valence-corrected chi connectivity index (χ3v) is 12.8. The molecule has 0 aliphatic rings. The van der Waals surface area contributed by atoms with Crippen LogP contribution in [0.4, 0.5) is 0 Å². The van der Waals surface area contributed by atoms with Gasteiger partial charge in [-0.15, -0.1) is 39.6 Å². The van der Waals surface area contributed by atoms with E-state index in [-0.39, 0.29) is 209 Å². The molecule has 85 heavy (non-hydrogen) atoms. The maximum Gasteiger partial charge on any atom is 0.305 e. The first-order chi connectivity index (χ1) is 31.8. The van der Waals surface area contributed by atoms with Crippen LogP contribution in [0.15, 0.2) is 0 Å². The van der Waals surface area contributed by atoms with Crippen molar-refractivity contribution >= 4 is 11.9 Å². The Kier molecular flexibility index (Phi) is 209. The maximum absolute atomic E-state index is 11.2. The molecule has 0 saturated heterocycles. The molecule has 0 unspecified atom stereocenters. The van der Waals surface area contributed by atoms with E-state index < -0.39 is 62.4 Å². The SMILES string of the molecule is CCCCCC(=O)OCC(C[O-])(C[O-])C[O-].CCCCCC(=O)OCC(C[O-])(C[O-])C[O-].CCCC[N+](CCCC)(CCCC)CCCC.CCCC[N+](CCCC)(CCCC)CCCC.[O-2].[O-2].[O-2].[O-2].[O-2].[O-2].[O-2].[O-2].[O-2].[O-2].[O-2].[O-2].[O-2].[V].[V].[V].[V].[V].[V]. The summed E-state index contributed by atoms with van der Waals surface area (Å²) >= 11 is 0. The molecule has 6 radical (unpaired) electrons. The number of quaternary nitrogens is 2. The van der Waals surface area contributed by atoms with Gasteiger partial charge in [-0.3, -0.25) is 9.59 Å². The number of ether oxygens (including phenoxy) is 2. The van der Waals surface area contributed by atoms with E-state index in [0.29, 0.717) is 0 Å². The van der Waals surface area contributed by atoms with E-state index in [9.17, 15) is 40.2 Å². The Morgan fingerprint density at radius 2 is 0.412 bits per heavy atom. The van der Waals surface area contributed by atoms with Crippen LogP contribution in [0.5, 0.6) is 0 Å². The zero-order chi connectivity index (χ0) is 50.9. The first-order valence-corrected chi connectivity index (χ1v) is 27.3. The fourth-order valence-electron chi connectivity index (χ4n) is 7.44. The van der Waals surface area contributed by atoms with Crippen molar-refractivity contribution in [1.82, 2.24) is 0 Å². The zero-order valence-corrected chi connectivity index (χ0v) is 61.6. The standard InChI is InChI=1S/2C16H36N.2C11H19O5.13O.6V/c2*1-5-9-13-17(14-10-6-2,15-11-7-3)16-12-8-4;2*1-2-3-4-5-10(15)16-9-11(6-12,7-13)8-14;;;;;;;;;;;;;;;;;;;/h2*5-16H2,1-4H3;2*2-9H2,1H3;;;;;;;;;;;;;;;;;;;/q2*+1;2*-3;13*-2;;;;;;. The van der Waals surface area contributed by atoms with Crippen LogP contribution >= 0.6 is 0 Å². The fraction of sp³-hybridized carbons (Fsp3) is 0.963. The Hall–Kier alpha value is 1.61. The minimum atomic E-state index is -1.46. The molecule has 0 heterocycles. The van der Waals surface area contributed by atoms with Crippen molar-refractivity contribution in [3.63, 3.8) is 0 Å². The van der Waals surface area contributed by atoms with Crippen molar-refractivity contribution in [2.24, 2.45) is 10.8 Å². The molecule has 0 rings (SSSR count). The molecule has 0 aromatic carbocycles. The van der Waals surface area contributed by atoms with Gasteiger partial charge in [0.2, 0.25) is 0 Å². The van der Waals surface area contributed by atoms with Gasteiger partial charge >= 0.3 is 11.9 Å². The average molecular weight is 1460 g/mol. The summed E-state index contributed by atoms with van der Waals surface area (Å²) < 4.78 is 12.4. The van der Waals surface area contributed by atoms with E-state index in [2.05, 4.69) is 55.4 Å². The monoisotopic (exact) mass is 1460 g/mol. The Bertz CT molecular complexity index is 899. The number of carbonyl (C=O) groups is 2. The van der Waals surface area contributed by atoms with Crippen molar-refractivity contribution in [2.45, 2.75) is 223 Å². The summed E-state index contributed by atoms with van der Waals surface area (Å²) in [6.07, 6.45) is 28.0. The van der Waals surface area contributed by atoms with Gasteiger partial charge < -0.3 is 120 Å². The molecule has 0 spiro atoms. The molecule has 0 saturated carbocycles. The smallest absolute Gasteiger partial charge is 0.305 e. The largest absolute Gasteiger partial charge is 2.00 e. The molecule has 31 heteroatoms. The minimum absolute atomic E-state index is 0. The van der Waals surface area contributed by atoms with Crippen LogP contribution in [-0.4, -0.2) is 126 Å². The van der Waals surface area contributed by atoms with Crippen molar-refractivity contribution < 1.29 is 241 Å². The summed E-state index contributed by atoms with van der Waals surface area (Å²) in [6.45, 7) is 28.7. The molecule has 0 bridgehead atoms. The van der Waals surface area contributed by atoms with Crippen LogP contribution in [-0.2, 0) is 202 Å². The van der Waals surface area contributed by atoms with Crippen molar-refractivity contribution in [3.05, 3.63) is 0 Å². The molecular weight excluding hydrogens is 1350 g/mol. The summed E-state index contributed by atoms with van der Waals surface area (Å²) in [4.78, 5) is 22.4. The zero-order valence-electron chi connectivity index (χ0n) is 53.3. The number of rotatable bonds is 42. The van der Waals surface area contributed by atoms with E-state index in [1.54, 1.807) is 0 Å². The summed E-state index contributed by atoms with van der Waals surface area (Å²) in [5.74, 6) is -0.874. The van der Waals surface area contributed by atoms with Crippen LogP contribution in [0.3, 0.4) is 0 Å². The molecule has 0 amide bonds. The van der Waals surface area contributed by atoms with Crippen molar-refractivity contribution in [1.29, 1.82) is 0 Å². The average Bonchev–Trinajstić information content (AvgIpc) is 3.35. The summed E-state index contributed by atoms with van der Waals surface area (Å²) in [5, 5.41) is 64.2. The molecule has 0 aliphatic carbocycles. The van der Waals surface area contributed by atoms with Crippen molar-refractivity contribution in [2.75, 3.05) is 105 Å². The number of unbranched alkanes of at least 4 members (excludes halogenated alkanes) is 12. The van der Waals surface area contributed by atoms with Gasteiger partial charge in [-0.1, -0.05) is 146 Å². The summed E-state index contributed by atoms with van der Waals surface area (Å²) in [6, 6.07) is 0. The third-order valence-electron chi connectivity index (χ3n) is 12.8. The number of hydrogen-bond donors (Lipinski definition) is 0. The number of carbonyl (C=O) groups excluding carboxylic acids is 2. The van der Waals surface area contributed by atoms with E-state index in [1.165, 1.54) is 164 Å². The van der Waals surface area contributed by atoms with Gasteiger partial charge in [0.1, 0.15) is 0 Å². The summed E-state index contributed by atoms with van der Waals surface area (Å²) in [7, 11) is 0. The van der Waals surface area contributed by atoms with E-state index >= 15 is 0 Å². The second kappa shape index (κ2) is 113. The first kappa shape index (κ1) is 157. The number of esters is 2. The molecule has 0 N–H and O–H groups in total. The Labute approximate surface area is 588 Å². The van der Waals surface area contributed by atoms with Gasteiger partial charge in [-0.25, -0.2) is 0 Å². The van der Waals surface area contributed by atoms with E-state index in [1.807, 2.05) is 13.8 Å². The quantitative estimate of drug-likeness (QED) is 0.0456. The molecule has 0 aliphatic heterocycles. The van der Waals surface area contributed by atoms with Crippen LogP contribution in [0.1, 0.15) is 223 Å². The molecule has 0 atom stereocenters. The maximum atomic E-state index is 11.2. The van der Waals surface area contributed by atoms with Gasteiger partial charge in [0.15, 0.2) is 0 Å². The van der Waals surface area contributed by atoms with Gasteiger partial charge in [0, 0.05) is 124 Å². The molecule has 0 fully saturated rings. The molecule has 25 nitrogen and oxygen atoms in total. The normalized spacial score (nSPS) is 9.13. The Morgan fingerprint density at radius 3 is 0.529 bits per heavy atom. The molecule has 0 aromatic heterocycles. The third kappa shape index (κ3) is 89.9. The topological polar surface area (TPSA) is 561 Å². The van der Waals surface area contributed by atoms with Gasteiger partial charge in [-0.2, -0.15) is 0 Å². The predicted molar refractivity (Wildman–Crippen MR) is 272 cm³/mol. The Morgan fingerprint density at radius 1 is 0.271 bits per heavy atom. The summed E-state index contributed by atoms with van der Waals surface area (Å²) in [5.41, 5.74) is -2.92. The second-order valence-corrected chi connectivity index (χ2v) is 19.4. The van der Waals surface area contributed by atoms with Crippen molar-refractivity contribution in [3.8, 4) is 0 Å². The first-order valence-electron chi connectivity index (χ1n) is 27.3. The second-order valence-electron chi connectivity index (χ2n) is 19.4. The van der Waals surface area contributed by atoms with Crippen LogP contribution < -0.4 is 30.6 Å².